The number of hydrogen-bond acceptors (Lipinski definition) is 1. The number of para-hydroxylation sites is 3. The second kappa shape index (κ2) is 12.1. The maximum atomic E-state index is 3.97. The summed E-state index contributed by atoms with van der Waals surface area (Å²) in [6.45, 7) is 6.18. The third kappa shape index (κ3) is 4.71. The van der Waals surface area contributed by atoms with Crippen LogP contribution < -0.4 is 0 Å². The van der Waals surface area contributed by atoms with Gasteiger partial charge in [-0.3, -0.25) is 0 Å². The number of nitrogens with zero attached hydrogens (tertiary/aromatic N) is 2. The quantitative estimate of drug-likeness (QED) is 0.155. The minimum Gasteiger partial charge on any atom is -0.313 e. The Bertz CT molecular complexity index is 3030. The highest BCUT2D eigenvalue weighted by Gasteiger charge is 2.19. The Morgan fingerprint density at radius 2 is 1.12 bits per heavy atom. The summed E-state index contributed by atoms with van der Waals surface area (Å²) in [4.78, 5) is 0. The Hall–Kier alpha value is -6.42. The van der Waals surface area contributed by atoms with Crippen LogP contribution in [0.4, 0.5) is 0 Å². The Morgan fingerprint density at radius 3 is 1.88 bits per heavy atom. The molecule has 0 spiro atoms. The molecular formula is C49H34N2S. The Balaban J connectivity index is 1.22. The summed E-state index contributed by atoms with van der Waals surface area (Å²) in [5.74, 6) is 0. The van der Waals surface area contributed by atoms with Gasteiger partial charge in [0.1, 0.15) is 0 Å². The fourth-order valence-corrected chi connectivity index (χ4v) is 9.32. The first-order valence-corrected chi connectivity index (χ1v) is 18.5. The van der Waals surface area contributed by atoms with Crippen LogP contribution in [-0.4, -0.2) is 9.13 Å². The molecule has 0 radical (unpaired) electrons. The Kier molecular flexibility index (Phi) is 7.09. The lowest BCUT2D eigenvalue weighted by atomic mass is 9.93. The van der Waals surface area contributed by atoms with Crippen LogP contribution in [0.2, 0.25) is 0 Å². The van der Waals surface area contributed by atoms with E-state index in [1.54, 1.807) is 0 Å². The van der Waals surface area contributed by atoms with E-state index in [2.05, 4.69) is 186 Å². The molecule has 0 aliphatic carbocycles. The minimum absolute atomic E-state index is 1.16. The molecule has 0 bridgehead atoms. The maximum Gasteiger partial charge on any atom is 0.0541 e. The number of fused-ring (bicyclic) bond motifs is 7. The van der Waals surface area contributed by atoms with Crippen LogP contribution in [0.3, 0.4) is 0 Å². The Labute approximate surface area is 306 Å². The normalized spacial score (nSPS) is 11.9. The van der Waals surface area contributed by atoms with Crippen molar-refractivity contribution in [2.75, 3.05) is 0 Å². The maximum absolute atomic E-state index is 3.97. The molecule has 0 aliphatic heterocycles. The van der Waals surface area contributed by atoms with E-state index < -0.39 is 0 Å². The molecule has 0 amide bonds. The molecule has 0 N–H and O–H groups in total. The van der Waals surface area contributed by atoms with Crippen molar-refractivity contribution >= 4 is 70.3 Å². The molecule has 10 rings (SSSR count). The van der Waals surface area contributed by atoms with Crippen molar-refractivity contribution in [3.8, 4) is 33.6 Å². The van der Waals surface area contributed by atoms with Crippen molar-refractivity contribution in [3.63, 3.8) is 0 Å². The number of hydrogen-bond donors (Lipinski definition) is 0. The van der Waals surface area contributed by atoms with E-state index in [-0.39, 0.29) is 0 Å². The highest BCUT2D eigenvalue weighted by molar-refractivity contribution is 7.26. The summed E-state index contributed by atoms with van der Waals surface area (Å²) in [7, 11) is 0. The van der Waals surface area contributed by atoms with Crippen LogP contribution in [0.25, 0.3) is 92.6 Å². The predicted octanol–water partition coefficient (Wildman–Crippen LogP) is 13.9. The average Bonchev–Trinajstić information content (AvgIpc) is 3.83. The van der Waals surface area contributed by atoms with E-state index in [1.807, 2.05) is 23.5 Å². The van der Waals surface area contributed by atoms with Crippen molar-refractivity contribution in [2.45, 2.75) is 6.92 Å². The van der Waals surface area contributed by atoms with E-state index in [4.69, 9.17) is 0 Å². The highest BCUT2D eigenvalue weighted by Crippen LogP contribution is 2.45. The summed E-state index contributed by atoms with van der Waals surface area (Å²) in [6.07, 6.45) is 6.09. The number of rotatable bonds is 6. The van der Waals surface area contributed by atoms with Crippen molar-refractivity contribution in [1.29, 1.82) is 0 Å². The zero-order valence-corrected chi connectivity index (χ0v) is 29.6. The molecule has 10 aromatic rings. The average molecular weight is 683 g/mol. The van der Waals surface area contributed by atoms with Crippen LogP contribution in [0.1, 0.15) is 11.3 Å². The van der Waals surface area contributed by atoms with E-state index in [0.717, 1.165) is 5.69 Å². The minimum atomic E-state index is 1.16. The van der Waals surface area contributed by atoms with Gasteiger partial charge in [-0.15, -0.1) is 11.3 Å². The molecule has 3 heteroatoms. The molecule has 3 aromatic heterocycles. The second-order valence-corrected chi connectivity index (χ2v) is 14.5. The second-order valence-electron chi connectivity index (χ2n) is 13.4. The molecule has 52 heavy (non-hydrogen) atoms. The summed E-state index contributed by atoms with van der Waals surface area (Å²) in [6, 6.07) is 57.7. The zero-order chi connectivity index (χ0) is 34.8. The smallest absolute Gasteiger partial charge is 0.0541 e. The van der Waals surface area contributed by atoms with Crippen molar-refractivity contribution in [3.05, 3.63) is 188 Å². The van der Waals surface area contributed by atoms with E-state index in [0.29, 0.717) is 0 Å². The van der Waals surface area contributed by atoms with Gasteiger partial charge in [-0.2, -0.15) is 0 Å². The van der Waals surface area contributed by atoms with Gasteiger partial charge in [-0.1, -0.05) is 110 Å². The van der Waals surface area contributed by atoms with E-state index in [1.165, 1.54) is 92.1 Å². The number of benzene rings is 7. The summed E-state index contributed by atoms with van der Waals surface area (Å²) in [5, 5.41) is 6.36. The first kappa shape index (κ1) is 30.4. The molecule has 0 unspecified atom stereocenters. The highest BCUT2D eigenvalue weighted by atomic mass is 32.1. The van der Waals surface area contributed by atoms with Gasteiger partial charge < -0.3 is 9.13 Å². The van der Waals surface area contributed by atoms with Crippen LogP contribution in [0.15, 0.2) is 176 Å². The van der Waals surface area contributed by atoms with Gasteiger partial charge in [0.05, 0.1) is 16.6 Å². The molecule has 7 aromatic carbocycles. The lowest BCUT2D eigenvalue weighted by molar-refractivity contribution is 1.05. The Morgan fingerprint density at radius 1 is 0.500 bits per heavy atom. The topological polar surface area (TPSA) is 9.86 Å². The molecule has 3 heterocycles. The van der Waals surface area contributed by atoms with Crippen molar-refractivity contribution in [1.82, 2.24) is 9.13 Å². The molecule has 0 atom stereocenters. The van der Waals surface area contributed by atoms with E-state index in [9.17, 15) is 0 Å². The van der Waals surface area contributed by atoms with Gasteiger partial charge in [0.2, 0.25) is 0 Å². The zero-order valence-electron chi connectivity index (χ0n) is 28.8. The van der Waals surface area contributed by atoms with Crippen LogP contribution in [0.5, 0.6) is 0 Å². The molecule has 0 saturated carbocycles. The standard InChI is InChI=1S/C49H34N2S/c1-3-4-19-38-32(2)50(36-15-7-5-8-16-36)45-27-25-34(29-42(38)45)41-30-35(31-48-49(41)40-21-12-14-23-47(40)52-48)33-24-26-46-43(28-33)39-20-11-13-22-44(39)51(46)37-17-9-6-10-18-37/h3-31H,1H2,2H3/b19-4-. The molecule has 0 saturated heterocycles. The molecule has 0 aliphatic rings. The van der Waals surface area contributed by atoms with Crippen LogP contribution in [-0.2, 0) is 0 Å². The molecule has 0 fully saturated rings. The first-order valence-electron chi connectivity index (χ1n) is 17.7. The fourth-order valence-electron chi connectivity index (χ4n) is 8.15. The number of allylic oxidation sites excluding steroid dienone is 2. The summed E-state index contributed by atoms with van der Waals surface area (Å²) in [5.41, 5.74) is 13.3. The third-order valence-corrected chi connectivity index (χ3v) is 11.6. The SMILES string of the molecule is C=C/C=C\c1c(C)n(-c2ccccc2)c2ccc(-c3cc(-c4ccc5c(c4)c4ccccc4n5-c4ccccc4)cc4sc5ccccc5c34)cc12. The number of aromatic nitrogens is 2. The van der Waals surface area contributed by atoms with Gasteiger partial charge in [-0.25, -0.2) is 0 Å². The van der Waals surface area contributed by atoms with Gasteiger partial charge in [-0.05, 0) is 102 Å². The van der Waals surface area contributed by atoms with Gasteiger partial charge in [0.25, 0.3) is 0 Å². The summed E-state index contributed by atoms with van der Waals surface area (Å²) < 4.78 is 7.35. The number of thiophene rings is 1. The molecule has 246 valence electrons. The molecular weight excluding hydrogens is 649 g/mol. The predicted molar refractivity (Wildman–Crippen MR) is 225 cm³/mol. The lowest BCUT2D eigenvalue weighted by Gasteiger charge is -2.12. The monoisotopic (exact) mass is 682 g/mol. The largest absolute Gasteiger partial charge is 0.313 e. The molecule has 2 nitrogen and oxygen atoms in total. The summed E-state index contributed by atoms with van der Waals surface area (Å²) >= 11 is 1.88. The van der Waals surface area contributed by atoms with Crippen molar-refractivity contribution < 1.29 is 0 Å². The van der Waals surface area contributed by atoms with Crippen molar-refractivity contribution in [2.24, 2.45) is 0 Å². The lowest BCUT2D eigenvalue weighted by Crippen LogP contribution is -1.96. The van der Waals surface area contributed by atoms with Gasteiger partial charge in [0, 0.05) is 59.0 Å². The van der Waals surface area contributed by atoms with Crippen LogP contribution in [0, 0.1) is 6.92 Å². The van der Waals surface area contributed by atoms with Crippen LogP contribution >= 0.6 is 11.3 Å². The third-order valence-electron chi connectivity index (χ3n) is 10.5. The van der Waals surface area contributed by atoms with E-state index >= 15 is 0 Å². The fraction of sp³-hybridized carbons (Fsp3) is 0.0204. The van der Waals surface area contributed by atoms with Gasteiger partial charge in [0.15, 0.2) is 0 Å². The van der Waals surface area contributed by atoms with Gasteiger partial charge >= 0.3 is 0 Å². The first-order chi connectivity index (χ1) is 25.7.